The molecule has 4 heteroatoms. The fourth-order valence-electron chi connectivity index (χ4n) is 1.76. The van der Waals surface area contributed by atoms with Crippen LogP contribution in [0.4, 0.5) is 0 Å². The van der Waals surface area contributed by atoms with Gasteiger partial charge in [0, 0.05) is 6.04 Å². The molecule has 0 saturated heterocycles. The van der Waals surface area contributed by atoms with E-state index in [4.69, 9.17) is 5.11 Å². The Morgan fingerprint density at radius 1 is 1.25 bits per heavy atom. The van der Waals surface area contributed by atoms with Gasteiger partial charge in [0.15, 0.2) is 0 Å². The largest absolute Gasteiger partial charge is 0.481 e. The van der Waals surface area contributed by atoms with Gasteiger partial charge in [0.05, 0.1) is 11.8 Å². The van der Waals surface area contributed by atoms with Crippen molar-refractivity contribution in [3.8, 4) is 0 Å². The predicted molar refractivity (Wildman–Crippen MR) is 60.9 cm³/mol. The lowest BCUT2D eigenvalue weighted by Gasteiger charge is -2.14. The number of hydrogen-bond donors (Lipinski definition) is 2. The van der Waals surface area contributed by atoms with Crippen LogP contribution in [0.5, 0.6) is 0 Å². The van der Waals surface area contributed by atoms with E-state index in [1.165, 1.54) is 0 Å². The van der Waals surface area contributed by atoms with Gasteiger partial charge in [-0.1, -0.05) is 13.8 Å². The molecule has 3 atom stereocenters. The van der Waals surface area contributed by atoms with Crippen molar-refractivity contribution in [2.24, 2.45) is 17.8 Å². The summed E-state index contributed by atoms with van der Waals surface area (Å²) in [5, 5.41) is 11.6. The first-order valence-corrected chi connectivity index (χ1v) is 5.95. The van der Waals surface area contributed by atoms with Crippen LogP contribution in [0.1, 0.15) is 40.0 Å². The first kappa shape index (κ1) is 13.0. The van der Waals surface area contributed by atoms with Gasteiger partial charge < -0.3 is 10.4 Å². The van der Waals surface area contributed by atoms with E-state index in [9.17, 15) is 9.59 Å². The molecule has 0 radical (unpaired) electrons. The maximum Gasteiger partial charge on any atom is 0.307 e. The van der Waals surface area contributed by atoms with Crippen molar-refractivity contribution < 1.29 is 14.7 Å². The maximum atomic E-state index is 11.6. The van der Waals surface area contributed by atoms with Gasteiger partial charge in [-0.25, -0.2) is 0 Å². The molecule has 0 heterocycles. The highest BCUT2D eigenvalue weighted by atomic mass is 16.4. The van der Waals surface area contributed by atoms with Gasteiger partial charge in [-0.3, -0.25) is 9.59 Å². The Kier molecular flexibility index (Phi) is 4.33. The van der Waals surface area contributed by atoms with Gasteiger partial charge in [0.25, 0.3) is 0 Å². The molecule has 0 spiro atoms. The quantitative estimate of drug-likeness (QED) is 0.725. The lowest BCUT2D eigenvalue weighted by Crippen LogP contribution is -2.34. The third kappa shape index (κ3) is 3.83. The molecule has 2 N–H and O–H groups in total. The molecular formula is C12H21NO3. The van der Waals surface area contributed by atoms with Gasteiger partial charge in [0.2, 0.25) is 5.91 Å². The van der Waals surface area contributed by atoms with E-state index >= 15 is 0 Å². The zero-order chi connectivity index (χ0) is 12.3. The number of aliphatic carboxylic acids is 1. The van der Waals surface area contributed by atoms with Gasteiger partial charge in [-0.2, -0.15) is 0 Å². The van der Waals surface area contributed by atoms with E-state index in [2.05, 4.69) is 19.2 Å². The van der Waals surface area contributed by atoms with E-state index in [-0.39, 0.29) is 17.9 Å². The average molecular weight is 227 g/mol. The molecule has 0 aromatic rings. The molecule has 1 rings (SSSR count). The van der Waals surface area contributed by atoms with Crippen molar-refractivity contribution in [3.05, 3.63) is 0 Å². The Morgan fingerprint density at radius 3 is 2.31 bits per heavy atom. The minimum Gasteiger partial charge on any atom is -0.481 e. The summed E-state index contributed by atoms with van der Waals surface area (Å²) in [6, 6.07) is 0.143. The normalized spacial score (nSPS) is 25.2. The number of carboxylic acids is 1. The number of carboxylic acid groups (broad SMARTS) is 1. The van der Waals surface area contributed by atoms with Crippen molar-refractivity contribution in [3.63, 3.8) is 0 Å². The SMILES string of the molecule is CC(C)CCC(C)NC(=O)C1CC1C(=O)O. The molecule has 3 unspecified atom stereocenters. The van der Waals surface area contributed by atoms with E-state index < -0.39 is 11.9 Å². The van der Waals surface area contributed by atoms with Crippen LogP contribution in [0.2, 0.25) is 0 Å². The molecule has 1 aliphatic rings. The third-order valence-electron chi connectivity index (χ3n) is 3.01. The van der Waals surface area contributed by atoms with E-state index in [1.54, 1.807) is 0 Å². The van der Waals surface area contributed by atoms with Gasteiger partial charge in [0.1, 0.15) is 0 Å². The Hall–Kier alpha value is -1.06. The fraction of sp³-hybridized carbons (Fsp3) is 0.833. The Labute approximate surface area is 96.4 Å². The molecule has 1 amide bonds. The summed E-state index contributed by atoms with van der Waals surface area (Å²) in [4.78, 5) is 22.2. The number of carbonyl (C=O) groups excluding carboxylic acids is 1. The predicted octanol–water partition coefficient (Wildman–Crippen LogP) is 1.65. The second kappa shape index (κ2) is 5.32. The van der Waals surface area contributed by atoms with Crippen LogP contribution >= 0.6 is 0 Å². The van der Waals surface area contributed by atoms with Crippen LogP contribution in [0.15, 0.2) is 0 Å². The second-order valence-corrected chi connectivity index (χ2v) is 5.17. The standard InChI is InChI=1S/C12H21NO3/c1-7(2)4-5-8(3)13-11(14)9-6-10(9)12(15)16/h7-10H,4-6H2,1-3H3,(H,13,14)(H,15,16). The van der Waals surface area contributed by atoms with Crippen LogP contribution in [-0.2, 0) is 9.59 Å². The van der Waals surface area contributed by atoms with Crippen molar-refractivity contribution >= 4 is 11.9 Å². The average Bonchev–Trinajstić information content (AvgIpc) is 2.93. The summed E-state index contributed by atoms with van der Waals surface area (Å²) < 4.78 is 0. The number of hydrogen-bond acceptors (Lipinski definition) is 2. The number of amides is 1. The van der Waals surface area contributed by atoms with E-state index in [0.29, 0.717) is 12.3 Å². The highest BCUT2D eigenvalue weighted by Gasteiger charge is 2.48. The highest BCUT2D eigenvalue weighted by Crippen LogP contribution is 2.38. The molecule has 1 fully saturated rings. The van der Waals surface area contributed by atoms with Crippen molar-refractivity contribution in [1.82, 2.24) is 5.32 Å². The third-order valence-corrected chi connectivity index (χ3v) is 3.01. The molecule has 0 aliphatic heterocycles. The summed E-state index contributed by atoms with van der Waals surface area (Å²) in [6.45, 7) is 6.27. The summed E-state index contributed by atoms with van der Waals surface area (Å²) in [6.07, 6.45) is 2.53. The maximum absolute atomic E-state index is 11.6. The first-order chi connectivity index (χ1) is 7.41. The van der Waals surface area contributed by atoms with Crippen molar-refractivity contribution in [1.29, 1.82) is 0 Å². The molecule has 92 valence electrons. The highest BCUT2D eigenvalue weighted by molar-refractivity contribution is 5.89. The Bertz CT molecular complexity index is 275. The topological polar surface area (TPSA) is 66.4 Å². The zero-order valence-electron chi connectivity index (χ0n) is 10.2. The lowest BCUT2D eigenvalue weighted by atomic mass is 10.0. The number of rotatable bonds is 6. The van der Waals surface area contributed by atoms with Gasteiger partial charge in [-0.15, -0.1) is 0 Å². The number of nitrogens with one attached hydrogen (secondary N) is 1. The molecule has 0 aromatic carbocycles. The van der Waals surface area contributed by atoms with Crippen molar-refractivity contribution in [2.75, 3.05) is 0 Å². The molecule has 16 heavy (non-hydrogen) atoms. The molecule has 0 aromatic heterocycles. The van der Waals surface area contributed by atoms with Crippen LogP contribution in [-0.4, -0.2) is 23.0 Å². The van der Waals surface area contributed by atoms with Gasteiger partial charge >= 0.3 is 5.97 Å². The Balaban J connectivity index is 2.22. The molecule has 1 saturated carbocycles. The first-order valence-electron chi connectivity index (χ1n) is 5.95. The fourth-order valence-corrected chi connectivity index (χ4v) is 1.76. The monoisotopic (exact) mass is 227 g/mol. The van der Waals surface area contributed by atoms with E-state index in [1.807, 2.05) is 6.92 Å². The smallest absolute Gasteiger partial charge is 0.307 e. The van der Waals surface area contributed by atoms with E-state index in [0.717, 1.165) is 12.8 Å². The van der Waals surface area contributed by atoms with Crippen LogP contribution in [0.25, 0.3) is 0 Å². The molecule has 1 aliphatic carbocycles. The van der Waals surface area contributed by atoms with Crippen molar-refractivity contribution in [2.45, 2.75) is 46.1 Å². The minimum atomic E-state index is -0.852. The van der Waals surface area contributed by atoms with Gasteiger partial charge in [-0.05, 0) is 32.1 Å². The second-order valence-electron chi connectivity index (χ2n) is 5.17. The minimum absolute atomic E-state index is 0.0938. The summed E-state index contributed by atoms with van der Waals surface area (Å²) in [5.41, 5.74) is 0. The molecular weight excluding hydrogens is 206 g/mol. The summed E-state index contributed by atoms with van der Waals surface area (Å²) in [7, 11) is 0. The lowest BCUT2D eigenvalue weighted by molar-refractivity contribution is -0.140. The molecule has 0 bridgehead atoms. The summed E-state index contributed by atoms with van der Waals surface area (Å²) >= 11 is 0. The van der Waals surface area contributed by atoms with Crippen LogP contribution < -0.4 is 5.32 Å². The molecule has 4 nitrogen and oxygen atoms in total. The Morgan fingerprint density at radius 2 is 1.88 bits per heavy atom. The van der Waals surface area contributed by atoms with Crippen LogP contribution in [0.3, 0.4) is 0 Å². The zero-order valence-corrected chi connectivity index (χ0v) is 10.2. The number of carbonyl (C=O) groups is 2. The van der Waals surface area contributed by atoms with Crippen LogP contribution in [0, 0.1) is 17.8 Å². The summed E-state index contributed by atoms with van der Waals surface area (Å²) in [5.74, 6) is -1.05.